The maximum atomic E-state index is 11.6. The summed E-state index contributed by atoms with van der Waals surface area (Å²) in [5.41, 5.74) is 3.07. The van der Waals surface area contributed by atoms with Crippen LogP contribution in [-0.4, -0.2) is 34.4 Å². The van der Waals surface area contributed by atoms with Gasteiger partial charge in [0.15, 0.2) is 0 Å². The molecule has 2 amide bonds. The Balaban J connectivity index is 1.58. The highest BCUT2D eigenvalue weighted by Gasteiger charge is 2.09. The van der Waals surface area contributed by atoms with Gasteiger partial charge in [-0.25, -0.2) is 4.79 Å². The van der Waals surface area contributed by atoms with Crippen molar-refractivity contribution in [3.05, 3.63) is 39.8 Å². The molecular weight excluding hydrogens is 288 g/mol. The number of amides is 2. The van der Waals surface area contributed by atoms with E-state index in [1.807, 2.05) is 29.9 Å². The first-order chi connectivity index (χ1) is 10.2. The number of aromatic nitrogens is 2. The molecule has 0 fully saturated rings. The van der Waals surface area contributed by atoms with Crippen LogP contribution in [0.1, 0.15) is 29.3 Å². The summed E-state index contributed by atoms with van der Waals surface area (Å²) in [6.45, 7) is 2.78. The molecule has 1 unspecified atom stereocenters. The fraction of sp³-hybridized carbons (Fsp3) is 0.429. The number of nitrogens with one attached hydrogen (secondary N) is 3. The van der Waals surface area contributed by atoms with E-state index in [0.717, 1.165) is 24.1 Å². The Hall–Kier alpha value is -1.86. The Morgan fingerprint density at radius 2 is 2.38 bits per heavy atom. The molecule has 4 N–H and O–H groups in total. The molecule has 2 heterocycles. The number of carbonyl (C=O) groups is 1. The molecule has 6 nitrogen and oxygen atoms in total. The van der Waals surface area contributed by atoms with Crippen LogP contribution in [0.4, 0.5) is 4.79 Å². The van der Waals surface area contributed by atoms with Gasteiger partial charge in [-0.3, -0.25) is 5.10 Å². The molecule has 0 saturated carbocycles. The smallest absolute Gasteiger partial charge is 0.314 e. The summed E-state index contributed by atoms with van der Waals surface area (Å²) >= 11 is 1.52. The van der Waals surface area contributed by atoms with Gasteiger partial charge in [0, 0.05) is 18.8 Å². The number of aryl methyl sites for hydroxylation is 2. The second-order valence-electron chi connectivity index (χ2n) is 4.83. The van der Waals surface area contributed by atoms with Crippen LogP contribution < -0.4 is 10.6 Å². The van der Waals surface area contributed by atoms with Gasteiger partial charge in [0.2, 0.25) is 0 Å². The first-order valence-corrected chi connectivity index (χ1v) is 7.82. The van der Waals surface area contributed by atoms with Crippen LogP contribution in [0, 0.1) is 6.92 Å². The molecule has 0 saturated heterocycles. The fourth-order valence-corrected chi connectivity index (χ4v) is 2.65. The summed E-state index contributed by atoms with van der Waals surface area (Å²) in [7, 11) is 0. The number of carbonyl (C=O) groups excluding carboxylic acids is 1. The summed E-state index contributed by atoms with van der Waals surface area (Å²) in [6, 6.07) is 1.59. The maximum Gasteiger partial charge on any atom is 0.314 e. The highest BCUT2D eigenvalue weighted by atomic mass is 32.1. The number of urea groups is 1. The minimum Gasteiger partial charge on any atom is -0.387 e. The lowest BCUT2D eigenvalue weighted by Crippen LogP contribution is -2.38. The van der Waals surface area contributed by atoms with Gasteiger partial charge in [-0.2, -0.15) is 16.4 Å². The van der Waals surface area contributed by atoms with Crippen LogP contribution in [0.2, 0.25) is 0 Å². The summed E-state index contributed by atoms with van der Waals surface area (Å²) in [5.74, 6) is 0. The molecule has 2 rings (SSSR count). The fourth-order valence-electron chi connectivity index (χ4n) is 1.94. The van der Waals surface area contributed by atoms with E-state index in [0.29, 0.717) is 6.54 Å². The van der Waals surface area contributed by atoms with Crippen molar-refractivity contribution < 1.29 is 9.90 Å². The van der Waals surface area contributed by atoms with E-state index in [4.69, 9.17) is 0 Å². The highest BCUT2D eigenvalue weighted by Crippen LogP contribution is 2.14. The second-order valence-corrected chi connectivity index (χ2v) is 5.61. The van der Waals surface area contributed by atoms with E-state index in [2.05, 4.69) is 20.8 Å². The van der Waals surface area contributed by atoms with Crippen LogP contribution >= 0.6 is 11.3 Å². The van der Waals surface area contributed by atoms with Gasteiger partial charge >= 0.3 is 6.03 Å². The average molecular weight is 308 g/mol. The number of rotatable bonds is 7. The number of aromatic amines is 1. The summed E-state index contributed by atoms with van der Waals surface area (Å²) in [4.78, 5) is 11.6. The van der Waals surface area contributed by atoms with Gasteiger partial charge in [0.1, 0.15) is 0 Å². The standard InChI is InChI=1S/C14H20N4O2S/c1-10-11(7-17-18-10)3-2-5-15-14(20)16-8-13(19)12-4-6-21-9-12/h4,6-7,9,13,19H,2-3,5,8H2,1H3,(H,17,18)(H2,15,16,20). The molecule has 2 aromatic rings. The third-order valence-corrected chi connectivity index (χ3v) is 3.93. The summed E-state index contributed by atoms with van der Waals surface area (Å²) in [5, 5.41) is 25.9. The maximum absolute atomic E-state index is 11.6. The molecule has 0 radical (unpaired) electrons. The van der Waals surface area contributed by atoms with E-state index in [-0.39, 0.29) is 12.6 Å². The number of aliphatic hydroxyl groups excluding tert-OH is 1. The number of hydrogen-bond donors (Lipinski definition) is 4. The van der Waals surface area contributed by atoms with Crippen molar-refractivity contribution in [2.75, 3.05) is 13.1 Å². The zero-order valence-electron chi connectivity index (χ0n) is 11.9. The molecule has 0 spiro atoms. The number of H-pyrrole nitrogens is 1. The van der Waals surface area contributed by atoms with E-state index in [1.165, 1.54) is 16.9 Å². The lowest BCUT2D eigenvalue weighted by atomic mass is 10.1. The zero-order chi connectivity index (χ0) is 15.1. The van der Waals surface area contributed by atoms with Crippen molar-refractivity contribution in [3.8, 4) is 0 Å². The minimum atomic E-state index is -0.657. The van der Waals surface area contributed by atoms with Crippen molar-refractivity contribution in [3.63, 3.8) is 0 Å². The summed E-state index contributed by atoms with van der Waals surface area (Å²) in [6.07, 6.45) is 2.88. The number of hydrogen-bond acceptors (Lipinski definition) is 4. The minimum absolute atomic E-state index is 0.212. The Morgan fingerprint density at radius 1 is 1.52 bits per heavy atom. The van der Waals surface area contributed by atoms with E-state index in [1.54, 1.807) is 0 Å². The van der Waals surface area contributed by atoms with Crippen LogP contribution in [0.5, 0.6) is 0 Å². The van der Waals surface area contributed by atoms with Crippen LogP contribution in [0.3, 0.4) is 0 Å². The first kappa shape index (κ1) is 15.5. The summed E-state index contributed by atoms with van der Waals surface area (Å²) < 4.78 is 0. The molecule has 1 atom stereocenters. The molecule has 0 aliphatic heterocycles. The SMILES string of the molecule is Cc1[nH]ncc1CCCNC(=O)NCC(O)c1ccsc1. The molecule has 7 heteroatoms. The molecule has 21 heavy (non-hydrogen) atoms. The lowest BCUT2D eigenvalue weighted by Gasteiger charge is -2.11. The molecule has 2 aromatic heterocycles. The van der Waals surface area contributed by atoms with Gasteiger partial charge < -0.3 is 15.7 Å². The second kappa shape index (κ2) is 7.80. The van der Waals surface area contributed by atoms with E-state index >= 15 is 0 Å². The Labute approximate surface area is 127 Å². The molecule has 0 aliphatic carbocycles. The molecule has 0 aromatic carbocycles. The van der Waals surface area contributed by atoms with Crippen LogP contribution in [0.15, 0.2) is 23.0 Å². The number of nitrogens with zero attached hydrogens (tertiary/aromatic N) is 1. The van der Waals surface area contributed by atoms with Gasteiger partial charge in [-0.1, -0.05) is 0 Å². The van der Waals surface area contributed by atoms with Crippen molar-refractivity contribution >= 4 is 17.4 Å². The zero-order valence-corrected chi connectivity index (χ0v) is 12.7. The quantitative estimate of drug-likeness (QED) is 0.587. The first-order valence-electron chi connectivity index (χ1n) is 6.87. The Bertz CT molecular complexity index is 553. The van der Waals surface area contributed by atoms with Crippen molar-refractivity contribution in [1.29, 1.82) is 0 Å². The number of thiophene rings is 1. The van der Waals surface area contributed by atoms with Gasteiger partial charge in [-0.05, 0) is 47.7 Å². The predicted octanol–water partition coefficient (Wildman–Crippen LogP) is 1.75. The Morgan fingerprint density at radius 3 is 3.05 bits per heavy atom. The average Bonchev–Trinajstić information content (AvgIpc) is 3.13. The topological polar surface area (TPSA) is 90.0 Å². The Kier molecular flexibility index (Phi) is 5.77. The normalized spacial score (nSPS) is 12.1. The van der Waals surface area contributed by atoms with Gasteiger partial charge in [0.25, 0.3) is 0 Å². The molecular formula is C14H20N4O2S. The molecule has 0 aliphatic rings. The van der Waals surface area contributed by atoms with Crippen molar-refractivity contribution in [2.24, 2.45) is 0 Å². The van der Waals surface area contributed by atoms with E-state index in [9.17, 15) is 9.90 Å². The van der Waals surface area contributed by atoms with Crippen LogP contribution in [0.25, 0.3) is 0 Å². The third-order valence-electron chi connectivity index (χ3n) is 3.23. The monoisotopic (exact) mass is 308 g/mol. The van der Waals surface area contributed by atoms with Crippen molar-refractivity contribution in [1.82, 2.24) is 20.8 Å². The molecule has 114 valence electrons. The van der Waals surface area contributed by atoms with Crippen molar-refractivity contribution in [2.45, 2.75) is 25.9 Å². The number of aliphatic hydroxyl groups is 1. The van der Waals surface area contributed by atoms with E-state index < -0.39 is 6.10 Å². The van der Waals surface area contributed by atoms with Gasteiger partial charge in [0.05, 0.1) is 12.3 Å². The lowest BCUT2D eigenvalue weighted by molar-refractivity contribution is 0.173. The largest absolute Gasteiger partial charge is 0.387 e. The third kappa shape index (κ3) is 4.87. The van der Waals surface area contributed by atoms with Crippen LogP contribution in [-0.2, 0) is 6.42 Å². The highest BCUT2D eigenvalue weighted by molar-refractivity contribution is 7.07. The predicted molar refractivity (Wildman–Crippen MR) is 82.3 cm³/mol. The van der Waals surface area contributed by atoms with Gasteiger partial charge in [-0.15, -0.1) is 0 Å². The molecule has 0 bridgehead atoms.